The largest absolute Gasteiger partial charge is 0.368 e. The third-order valence-electron chi connectivity index (χ3n) is 5.21. The van der Waals surface area contributed by atoms with Crippen molar-refractivity contribution in [3.05, 3.63) is 70.1 Å². The fraction of sp³-hybridized carbons (Fsp3) is 0.304. The van der Waals surface area contributed by atoms with E-state index in [2.05, 4.69) is 77.2 Å². The van der Waals surface area contributed by atoms with Crippen LogP contribution in [0.5, 0.6) is 0 Å². The Morgan fingerprint density at radius 3 is 2.43 bits per heavy atom. The van der Waals surface area contributed by atoms with E-state index in [9.17, 15) is 4.79 Å². The number of aryl methyl sites for hydroxylation is 2. The van der Waals surface area contributed by atoms with E-state index in [-0.39, 0.29) is 5.91 Å². The number of nitrogens with zero attached hydrogens (tertiary/aromatic N) is 3. The third-order valence-corrected chi connectivity index (χ3v) is 6.26. The highest BCUT2D eigenvalue weighted by Crippen LogP contribution is 2.31. The maximum atomic E-state index is 12.4. The number of rotatable bonds is 3. The van der Waals surface area contributed by atoms with E-state index in [0.717, 1.165) is 43.3 Å². The van der Waals surface area contributed by atoms with Crippen LogP contribution in [0.4, 0.5) is 5.69 Å². The minimum atomic E-state index is -0.124. The zero-order chi connectivity index (χ0) is 19.5. The fourth-order valence-corrected chi connectivity index (χ4v) is 4.48. The van der Waals surface area contributed by atoms with Crippen LogP contribution < -0.4 is 4.90 Å². The molecule has 5 heteroatoms. The number of amides is 1. The summed E-state index contributed by atoms with van der Waals surface area (Å²) >= 11 is 1.50. The first kappa shape index (κ1) is 18.8. The molecule has 0 spiro atoms. The Morgan fingerprint density at radius 2 is 1.75 bits per heavy atom. The molecule has 0 radical (unpaired) electrons. The number of piperazine rings is 1. The Morgan fingerprint density at radius 1 is 1.04 bits per heavy atom. The average molecular weight is 392 g/mol. The number of hydrogen-bond acceptors (Lipinski definition) is 4. The number of carbonyl (C=O) groups excluding carboxylic acids is 1. The molecule has 1 saturated heterocycles. The van der Waals surface area contributed by atoms with Crippen molar-refractivity contribution >= 4 is 34.6 Å². The van der Waals surface area contributed by atoms with Gasteiger partial charge in [0.05, 0.1) is 4.91 Å². The molecule has 0 aliphatic carbocycles. The molecule has 0 unspecified atom stereocenters. The van der Waals surface area contributed by atoms with Crippen LogP contribution in [0, 0.1) is 6.92 Å². The standard InChI is InChI=1S/C23H25N3OS/c1-3-18-7-9-19(10-8-18)16-21-22(27)24-23(28-21)26-13-11-25(12-14-26)20-6-4-5-17(2)15-20/h4-10,15-16H,3,11-14H2,1-2H3/b21-16-. The molecule has 0 saturated carbocycles. The summed E-state index contributed by atoms with van der Waals surface area (Å²) in [5.41, 5.74) is 4.90. The van der Waals surface area contributed by atoms with Gasteiger partial charge >= 0.3 is 0 Å². The van der Waals surface area contributed by atoms with E-state index in [1.165, 1.54) is 28.6 Å². The molecule has 1 amide bonds. The van der Waals surface area contributed by atoms with Crippen LogP contribution in [0.1, 0.15) is 23.6 Å². The molecule has 0 N–H and O–H groups in total. The lowest BCUT2D eigenvalue weighted by molar-refractivity contribution is -0.113. The van der Waals surface area contributed by atoms with Crippen molar-refractivity contribution in [3.63, 3.8) is 0 Å². The van der Waals surface area contributed by atoms with Crippen LogP contribution in [0.15, 0.2) is 58.4 Å². The molecule has 2 aliphatic rings. The van der Waals surface area contributed by atoms with Gasteiger partial charge < -0.3 is 9.80 Å². The molecule has 4 rings (SSSR count). The van der Waals surface area contributed by atoms with Gasteiger partial charge in [-0.3, -0.25) is 4.79 Å². The topological polar surface area (TPSA) is 35.9 Å². The Kier molecular flexibility index (Phi) is 5.53. The summed E-state index contributed by atoms with van der Waals surface area (Å²) in [6.07, 6.45) is 2.97. The maximum Gasteiger partial charge on any atom is 0.286 e. The smallest absolute Gasteiger partial charge is 0.286 e. The molecular formula is C23H25N3OS. The van der Waals surface area contributed by atoms with Crippen molar-refractivity contribution in [2.45, 2.75) is 20.3 Å². The summed E-state index contributed by atoms with van der Waals surface area (Å²) in [7, 11) is 0. The quantitative estimate of drug-likeness (QED) is 0.729. The highest BCUT2D eigenvalue weighted by atomic mass is 32.2. The van der Waals surface area contributed by atoms with Gasteiger partial charge in [0.25, 0.3) is 5.91 Å². The summed E-state index contributed by atoms with van der Waals surface area (Å²) in [5, 5.41) is 0.838. The maximum absolute atomic E-state index is 12.4. The van der Waals surface area contributed by atoms with E-state index in [0.29, 0.717) is 4.91 Å². The monoisotopic (exact) mass is 391 g/mol. The van der Waals surface area contributed by atoms with Gasteiger partial charge in [0.2, 0.25) is 0 Å². The Labute approximate surface area is 171 Å². The van der Waals surface area contributed by atoms with Crippen LogP contribution in [-0.4, -0.2) is 42.2 Å². The van der Waals surface area contributed by atoms with Crippen LogP contribution in [0.25, 0.3) is 6.08 Å². The molecule has 2 heterocycles. The predicted octanol–water partition coefficient (Wildman–Crippen LogP) is 4.35. The van der Waals surface area contributed by atoms with Crippen molar-refractivity contribution < 1.29 is 4.79 Å². The summed E-state index contributed by atoms with van der Waals surface area (Å²) in [6, 6.07) is 17.0. The summed E-state index contributed by atoms with van der Waals surface area (Å²) in [4.78, 5) is 22.0. The van der Waals surface area contributed by atoms with Crippen LogP contribution in [-0.2, 0) is 11.2 Å². The number of hydrogen-bond donors (Lipinski definition) is 0. The number of aliphatic imine (C=N–C) groups is 1. The molecule has 1 fully saturated rings. The Bertz CT molecular complexity index is 925. The zero-order valence-corrected chi connectivity index (χ0v) is 17.2. The van der Waals surface area contributed by atoms with Crippen molar-refractivity contribution in [1.82, 2.24) is 4.90 Å². The van der Waals surface area contributed by atoms with Crippen molar-refractivity contribution in [1.29, 1.82) is 0 Å². The first-order chi connectivity index (χ1) is 13.6. The molecule has 0 atom stereocenters. The van der Waals surface area contributed by atoms with Gasteiger partial charge in [-0.05, 0) is 60.0 Å². The van der Waals surface area contributed by atoms with E-state index in [4.69, 9.17) is 0 Å². The van der Waals surface area contributed by atoms with Gasteiger partial charge in [0.15, 0.2) is 5.17 Å². The van der Waals surface area contributed by atoms with E-state index < -0.39 is 0 Å². The van der Waals surface area contributed by atoms with Gasteiger partial charge in [-0.25, -0.2) is 0 Å². The molecule has 4 nitrogen and oxygen atoms in total. The highest BCUT2D eigenvalue weighted by Gasteiger charge is 2.28. The average Bonchev–Trinajstić information content (AvgIpc) is 3.09. The highest BCUT2D eigenvalue weighted by molar-refractivity contribution is 8.18. The Balaban J connectivity index is 1.39. The van der Waals surface area contributed by atoms with Gasteiger partial charge in [0.1, 0.15) is 0 Å². The van der Waals surface area contributed by atoms with E-state index >= 15 is 0 Å². The molecular weight excluding hydrogens is 366 g/mol. The lowest BCUT2D eigenvalue weighted by Gasteiger charge is -2.36. The zero-order valence-electron chi connectivity index (χ0n) is 16.4. The number of thioether (sulfide) groups is 1. The normalized spacial score (nSPS) is 18.7. The molecule has 2 aromatic carbocycles. The number of benzene rings is 2. The molecule has 0 aromatic heterocycles. The first-order valence-electron chi connectivity index (χ1n) is 9.80. The minimum absolute atomic E-state index is 0.124. The summed E-state index contributed by atoms with van der Waals surface area (Å²) < 4.78 is 0. The fourth-order valence-electron chi connectivity index (χ4n) is 3.51. The SMILES string of the molecule is CCc1ccc(/C=C2\SC(N3CCN(c4cccc(C)c4)CC3)=NC2=O)cc1. The lowest BCUT2D eigenvalue weighted by atomic mass is 10.1. The summed E-state index contributed by atoms with van der Waals surface area (Å²) in [6.45, 7) is 7.90. The predicted molar refractivity (Wildman–Crippen MR) is 119 cm³/mol. The number of carbonyl (C=O) groups is 1. The van der Waals surface area contributed by atoms with Crippen LogP contribution in [0.3, 0.4) is 0 Å². The van der Waals surface area contributed by atoms with Crippen molar-refractivity contribution in [2.75, 3.05) is 31.1 Å². The molecule has 2 aliphatic heterocycles. The van der Waals surface area contributed by atoms with Crippen molar-refractivity contribution in [2.24, 2.45) is 4.99 Å². The van der Waals surface area contributed by atoms with Crippen LogP contribution in [0.2, 0.25) is 0 Å². The number of anilines is 1. The second-order valence-corrected chi connectivity index (χ2v) is 8.23. The molecule has 2 aromatic rings. The Hall–Kier alpha value is -2.53. The second kappa shape index (κ2) is 8.23. The summed E-state index contributed by atoms with van der Waals surface area (Å²) in [5.74, 6) is -0.124. The molecule has 0 bridgehead atoms. The molecule has 28 heavy (non-hydrogen) atoms. The van der Waals surface area contributed by atoms with Crippen LogP contribution >= 0.6 is 11.8 Å². The minimum Gasteiger partial charge on any atom is -0.368 e. The van der Waals surface area contributed by atoms with Gasteiger partial charge in [-0.2, -0.15) is 4.99 Å². The van der Waals surface area contributed by atoms with Gasteiger partial charge in [-0.1, -0.05) is 43.3 Å². The van der Waals surface area contributed by atoms with E-state index in [1.807, 2.05) is 6.08 Å². The first-order valence-corrected chi connectivity index (χ1v) is 10.6. The van der Waals surface area contributed by atoms with Gasteiger partial charge in [0, 0.05) is 31.9 Å². The van der Waals surface area contributed by atoms with E-state index in [1.54, 1.807) is 0 Å². The second-order valence-electron chi connectivity index (χ2n) is 7.22. The number of amidine groups is 1. The lowest BCUT2D eigenvalue weighted by Crippen LogP contribution is -2.47. The molecule has 144 valence electrons. The van der Waals surface area contributed by atoms with Gasteiger partial charge in [-0.15, -0.1) is 0 Å². The van der Waals surface area contributed by atoms with Crippen molar-refractivity contribution in [3.8, 4) is 0 Å². The third kappa shape index (κ3) is 4.14.